The number of hydrogen-bond donors (Lipinski definition) is 1. The molecule has 0 radical (unpaired) electrons. The first kappa shape index (κ1) is 16.1. The summed E-state index contributed by atoms with van der Waals surface area (Å²) in [6.45, 7) is -1.55. The molecule has 5 nitrogen and oxygen atoms in total. The van der Waals surface area contributed by atoms with E-state index in [0.717, 1.165) is 4.90 Å². The number of nitrogens with zero attached hydrogens (tertiary/aromatic N) is 1. The average molecular weight is 317 g/mol. The molecule has 0 spiro atoms. The number of likely N-dealkylation sites (tertiary alicyclic amines) is 1. The highest BCUT2D eigenvalue weighted by Crippen LogP contribution is 2.37. The van der Waals surface area contributed by atoms with Crippen molar-refractivity contribution in [2.75, 3.05) is 19.7 Å². The van der Waals surface area contributed by atoms with E-state index in [4.69, 9.17) is 9.84 Å². The maximum Gasteiger partial charge on any atom is 0.394 e. The largest absolute Gasteiger partial charge is 0.484 e. The number of amides is 1. The minimum atomic E-state index is -4.65. The van der Waals surface area contributed by atoms with E-state index in [1.54, 1.807) is 30.3 Å². The van der Waals surface area contributed by atoms with E-state index in [9.17, 15) is 22.8 Å². The smallest absolute Gasteiger partial charge is 0.394 e. The van der Waals surface area contributed by atoms with Crippen molar-refractivity contribution in [1.29, 1.82) is 0 Å². The van der Waals surface area contributed by atoms with Crippen LogP contribution in [0.3, 0.4) is 0 Å². The van der Waals surface area contributed by atoms with Gasteiger partial charge in [-0.3, -0.25) is 9.59 Å². The number of alkyl halides is 3. The molecule has 1 heterocycles. The number of rotatable bonds is 4. The Morgan fingerprint density at radius 2 is 1.86 bits per heavy atom. The highest BCUT2D eigenvalue weighted by molar-refractivity contribution is 5.80. The molecule has 1 aromatic carbocycles. The Balaban J connectivity index is 1.98. The second-order valence-electron chi connectivity index (χ2n) is 4.99. The van der Waals surface area contributed by atoms with E-state index in [2.05, 4.69) is 0 Å². The van der Waals surface area contributed by atoms with Gasteiger partial charge >= 0.3 is 12.1 Å². The summed E-state index contributed by atoms with van der Waals surface area (Å²) in [5, 5.41) is 8.89. The van der Waals surface area contributed by atoms with Crippen LogP contribution in [-0.4, -0.2) is 47.8 Å². The molecule has 22 heavy (non-hydrogen) atoms. The van der Waals surface area contributed by atoms with Crippen molar-refractivity contribution in [2.24, 2.45) is 11.8 Å². The topological polar surface area (TPSA) is 66.8 Å². The summed E-state index contributed by atoms with van der Waals surface area (Å²) in [6, 6.07) is 8.35. The number of hydrogen-bond acceptors (Lipinski definition) is 3. The minimum absolute atomic E-state index is 0.414. The Morgan fingerprint density at radius 1 is 1.23 bits per heavy atom. The third kappa shape index (κ3) is 3.69. The van der Waals surface area contributed by atoms with Gasteiger partial charge in [0.25, 0.3) is 5.91 Å². The molecule has 1 saturated heterocycles. The van der Waals surface area contributed by atoms with Gasteiger partial charge in [0.2, 0.25) is 0 Å². The zero-order chi connectivity index (χ0) is 16.3. The summed E-state index contributed by atoms with van der Waals surface area (Å²) in [5.41, 5.74) is 0. The van der Waals surface area contributed by atoms with Gasteiger partial charge < -0.3 is 14.7 Å². The molecule has 2 atom stereocenters. The molecule has 2 rings (SSSR count). The first-order valence-electron chi connectivity index (χ1n) is 6.54. The lowest BCUT2D eigenvalue weighted by Gasteiger charge is -2.18. The molecule has 1 fully saturated rings. The van der Waals surface area contributed by atoms with Gasteiger partial charge in [-0.25, -0.2) is 0 Å². The standard InChI is InChI=1S/C14H14F3NO4/c15-14(16,17)11-7-18(6-10(11)13(20)21)12(19)8-22-9-4-2-1-3-5-9/h1-5,10-11H,6-8H2,(H,20,21)/t10-,11-/m1/s1. The van der Waals surface area contributed by atoms with Crippen LogP contribution in [0.25, 0.3) is 0 Å². The zero-order valence-corrected chi connectivity index (χ0v) is 11.4. The lowest BCUT2D eigenvalue weighted by Crippen LogP contribution is -2.35. The quantitative estimate of drug-likeness (QED) is 0.919. The number of benzene rings is 1. The van der Waals surface area contributed by atoms with Crippen molar-refractivity contribution in [3.8, 4) is 5.75 Å². The van der Waals surface area contributed by atoms with E-state index in [-0.39, 0.29) is 0 Å². The average Bonchev–Trinajstić information content (AvgIpc) is 2.91. The van der Waals surface area contributed by atoms with Crippen molar-refractivity contribution in [1.82, 2.24) is 4.90 Å². The van der Waals surface area contributed by atoms with Crippen molar-refractivity contribution in [3.05, 3.63) is 30.3 Å². The van der Waals surface area contributed by atoms with Gasteiger partial charge in [0.05, 0.1) is 11.8 Å². The van der Waals surface area contributed by atoms with Gasteiger partial charge in [0.15, 0.2) is 6.61 Å². The number of halogens is 3. The van der Waals surface area contributed by atoms with Crippen LogP contribution in [0.4, 0.5) is 13.2 Å². The molecular weight excluding hydrogens is 303 g/mol. The second-order valence-corrected chi connectivity index (χ2v) is 4.99. The molecular formula is C14H14F3NO4. The molecule has 0 bridgehead atoms. The highest BCUT2D eigenvalue weighted by Gasteiger charge is 2.53. The van der Waals surface area contributed by atoms with Crippen LogP contribution < -0.4 is 4.74 Å². The zero-order valence-electron chi connectivity index (χ0n) is 11.4. The van der Waals surface area contributed by atoms with Crippen LogP contribution in [0.5, 0.6) is 5.75 Å². The summed E-state index contributed by atoms with van der Waals surface area (Å²) in [4.78, 5) is 23.7. The summed E-state index contributed by atoms with van der Waals surface area (Å²) in [7, 11) is 0. The van der Waals surface area contributed by atoms with E-state index in [1.165, 1.54) is 0 Å². The van der Waals surface area contributed by atoms with Crippen LogP contribution in [0.2, 0.25) is 0 Å². The van der Waals surface area contributed by atoms with Gasteiger partial charge in [0.1, 0.15) is 5.75 Å². The number of carbonyl (C=O) groups excluding carboxylic acids is 1. The normalized spacial score (nSPS) is 21.7. The number of carboxylic acids is 1. The Morgan fingerprint density at radius 3 is 2.36 bits per heavy atom. The van der Waals surface area contributed by atoms with E-state index >= 15 is 0 Å². The van der Waals surface area contributed by atoms with Gasteiger partial charge in [-0.15, -0.1) is 0 Å². The Hall–Kier alpha value is -2.25. The van der Waals surface area contributed by atoms with E-state index < -0.39 is 49.6 Å². The van der Waals surface area contributed by atoms with Crippen molar-refractivity contribution >= 4 is 11.9 Å². The monoisotopic (exact) mass is 317 g/mol. The minimum Gasteiger partial charge on any atom is -0.484 e. The van der Waals surface area contributed by atoms with Crippen LogP contribution in [0, 0.1) is 11.8 Å². The van der Waals surface area contributed by atoms with Crippen LogP contribution in [0.1, 0.15) is 0 Å². The Labute approximate surface area is 124 Å². The molecule has 1 amide bonds. The fourth-order valence-electron chi connectivity index (χ4n) is 2.34. The summed E-state index contributed by atoms with van der Waals surface area (Å²) in [5.74, 6) is -5.49. The first-order chi connectivity index (χ1) is 10.3. The number of para-hydroxylation sites is 1. The maximum atomic E-state index is 12.8. The maximum absolute atomic E-state index is 12.8. The molecule has 0 unspecified atom stereocenters. The Kier molecular flexibility index (Phi) is 4.58. The second kappa shape index (κ2) is 6.25. The predicted molar refractivity (Wildman–Crippen MR) is 69.2 cm³/mol. The van der Waals surface area contributed by atoms with Crippen molar-refractivity contribution in [3.63, 3.8) is 0 Å². The number of aliphatic carboxylic acids is 1. The first-order valence-corrected chi connectivity index (χ1v) is 6.54. The van der Waals surface area contributed by atoms with Gasteiger partial charge in [-0.2, -0.15) is 13.2 Å². The van der Waals surface area contributed by atoms with Crippen molar-refractivity contribution in [2.45, 2.75) is 6.18 Å². The number of carbonyl (C=O) groups is 2. The molecule has 0 aliphatic carbocycles. The lowest BCUT2D eigenvalue weighted by molar-refractivity contribution is -0.188. The summed E-state index contributed by atoms with van der Waals surface area (Å²) in [6.07, 6.45) is -4.65. The van der Waals surface area contributed by atoms with Gasteiger partial charge in [-0.05, 0) is 12.1 Å². The number of carboxylic acid groups (broad SMARTS) is 1. The summed E-state index contributed by atoms with van der Waals surface area (Å²) < 4.78 is 43.7. The third-order valence-electron chi connectivity index (χ3n) is 3.52. The SMILES string of the molecule is O=C(O)[C@@H]1CN(C(=O)COc2ccccc2)C[C@H]1C(F)(F)F. The lowest BCUT2D eigenvalue weighted by atomic mass is 9.96. The van der Waals surface area contributed by atoms with Gasteiger partial charge in [-0.1, -0.05) is 18.2 Å². The third-order valence-corrected chi connectivity index (χ3v) is 3.52. The molecule has 0 saturated carbocycles. The van der Waals surface area contributed by atoms with Crippen molar-refractivity contribution < 1.29 is 32.6 Å². The molecule has 1 N–H and O–H groups in total. The van der Waals surface area contributed by atoms with Crippen LogP contribution in [-0.2, 0) is 9.59 Å². The van der Waals surface area contributed by atoms with Crippen LogP contribution in [0.15, 0.2) is 30.3 Å². The molecule has 1 aromatic rings. The molecule has 1 aliphatic rings. The fourth-order valence-corrected chi connectivity index (χ4v) is 2.34. The molecule has 120 valence electrons. The van der Waals surface area contributed by atoms with E-state index in [1.807, 2.05) is 0 Å². The van der Waals surface area contributed by atoms with Gasteiger partial charge in [0, 0.05) is 13.1 Å². The van der Waals surface area contributed by atoms with Crippen LogP contribution >= 0.6 is 0 Å². The summed E-state index contributed by atoms with van der Waals surface area (Å²) >= 11 is 0. The Bertz CT molecular complexity index is 547. The molecule has 8 heteroatoms. The van der Waals surface area contributed by atoms with E-state index in [0.29, 0.717) is 5.75 Å². The number of ether oxygens (including phenoxy) is 1. The molecule has 0 aromatic heterocycles. The fraction of sp³-hybridized carbons (Fsp3) is 0.429. The predicted octanol–water partition coefficient (Wildman–Crippen LogP) is 1.79. The molecule has 1 aliphatic heterocycles. The highest BCUT2D eigenvalue weighted by atomic mass is 19.4.